The minimum atomic E-state index is -0.306. The summed E-state index contributed by atoms with van der Waals surface area (Å²) in [5.41, 5.74) is 0.943. The minimum Gasteiger partial charge on any atom is -0.491 e. The third kappa shape index (κ3) is 2.47. The molecule has 1 aliphatic carbocycles. The normalized spacial score (nSPS) is 24.7. The Balaban J connectivity index is 1.83. The number of anilines is 1. The lowest BCUT2D eigenvalue weighted by molar-refractivity contribution is 0.0747. The van der Waals surface area contributed by atoms with E-state index in [1.54, 1.807) is 11.1 Å². The molecule has 0 aromatic carbocycles. The highest BCUT2D eigenvalue weighted by Gasteiger charge is 2.39. The van der Waals surface area contributed by atoms with E-state index in [1.807, 2.05) is 6.07 Å². The molecule has 2 aliphatic rings. The number of hydrogen-bond acceptors (Lipinski definition) is 4. The van der Waals surface area contributed by atoms with Crippen LogP contribution in [-0.2, 0) is 6.54 Å². The van der Waals surface area contributed by atoms with E-state index in [1.165, 1.54) is 0 Å². The molecule has 1 aliphatic heterocycles. The summed E-state index contributed by atoms with van der Waals surface area (Å²) in [6.07, 6.45) is 2.55. The van der Waals surface area contributed by atoms with Gasteiger partial charge in [0, 0.05) is 23.5 Å². The third-order valence-corrected chi connectivity index (χ3v) is 3.92. The number of aliphatic hydroxyl groups is 1. The van der Waals surface area contributed by atoms with Crippen molar-refractivity contribution in [1.29, 1.82) is 0 Å². The molecular weight excluding hydrogens is 326 g/mol. The molecule has 1 aromatic rings. The highest BCUT2D eigenvalue weighted by molar-refractivity contribution is 9.09. The lowest BCUT2D eigenvalue weighted by Crippen LogP contribution is -2.56. The van der Waals surface area contributed by atoms with Crippen molar-refractivity contribution in [3.05, 3.63) is 17.8 Å². The van der Waals surface area contributed by atoms with Crippen LogP contribution in [0.5, 0.6) is 5.75 Å². The van der Waals surface area contributed by atoms with Gasteiger partial charge in [-0.2, -0.15) is 0 Å². The van der Waals surface area contributed by atoms with E-state index < -0.39 is 0 Å². The van der Waals surface area contributed by atoms with Crippen molar-refractivity contribution in [3.8, 4) is 5.75 Å². The fourth-order valence-corrected chi connectivity index (χ4v) is 2.69. The second-order valence-corrected chi connectivity index (χ2v) is 5.79. The number of nitrogens with one attached hydrogen (secondary N) is 1. The molecule has 0 saturated heterocycles. The van der Waals surface area contributed by atoms with Crippen molar-refractivity contribution in [2.24, 2.45) is 0 Å². The number of ether oxygens (including phenoxy) is 1. The molecule has 20 heavy (non-hydrogen) atoms. The Morgan fingerprint density at radius 2 is 2.35 bits per heavy atom. The number of fused-ring (bicyclic) bond motifs is 1. The zero-order valence-corrected chi connectivity index (χ0v) is 12.5. The van der Waals surface area contributed by atoms with Gasteiger partial charge in [0.2, 0.25) is 0 Å². The number of hydrogen-bond donors (Lipinski definition) is 2. The Bertz CT molecular complexity index is 520. The van der Waals surface area contributed by atoms with Gasteiger partial charge in [0.1, 0.15) is 11.6 Å². The second-order valence-electron chi connectivity index (χ2n) is 5.00. The molecule has 6 nitrogen and oxygen atoms in total. The highest BCUT2D eigenvalue weighted by Crippen LogP contribution is 2.34. The van der Waals surface area contributed by atoms with Gasteiger partial charge >= 0.3 is 6.03 Å². The standard InChI is InChI=1S/C13H16BrN3O3/c14-1-2-20-11-3-8-6-16-13(19)17(12(8)15-7-11)9-4-10(18)5-9/h3,7,9-10,18H,1-2,4-6H2,(H,16,19). The number of halogens is 1. The second kappa shape index (κ2) is 5.57. The van der Waals surface area contributed by atoms with Crippen molar-refractivity contribution >= 4 is 27.8 Å². The number of urea groups is 1. The summed E-state index contributed by atoms with van der Waals surface area (Å²) in [6, 6.07) is 1.80. The molecule has 1 saturated carbocycles. The van der Waals surface area contributed by atoms with Gasteiger partial charge < -0.3 is 15.2 Å². The molecule has 0 unspecified atom stereocenters. The SMILES string of the molecule is O=C1NCc2cc(OCCBr)cnc2N1C1CC(O)C1. The first-order valence-corrected chi connectivity index (χ1v) is 7.74. The van der Waals surface area contributed by atoms with Crippen molar-refractivity contribution in [3.63, 3.8) is 0 Å². The maximum Gasteiger partial charge on any atom is 0.323 e. The molecular formula is C13H16BrN3O3. The van der Waals surface area contributed by atoms with E-state index in [4.69, 9.17) is 4.74 Å². The number of pyridine rings is 1. The largest absolute Gasteiger partial charge is 0.491 e. The molecule has 7 heteroatoms. The van der Waals surface area contributed by atoms with Gasteiger partial charge in [0.15, 0.2) is 0 Å². The third-order valence-electron chi connectivity index (χ3n) is 3.59. The van der Waals surface area contributed by atoms with Gasteiger partial charge in [-0.15, -0.1) is 0 Å². The van der Waals surface area contributed by atoms with E-state index >= 15 is 0 Å². The van der Waals surface area contributed by atoms with Gasteiger partial charge in [-0.1, -0.05) is 15.9 Å². The van der Waals surface area contributed by atoms with E-state index in [0.29, 0.717) is 37.6 Å². The van der Waals surface area contributed by atoms with Crippen molar-refractivity contribution in [2.75, 3.05) is 16.8 Å². The van der Waals surface area contributed by atoms with E-state index in [-0.39, 0.29) is 18.2 Å². The van der Waals surface area contributed by atoms with Crippen molar-refractivity contribution < 1.29 is 14.6 Å². The molecule has 0 bridgehead atoms. The first-order valence-electron chi connectivity index (χ1n) is 6.62. The van der Waals surface area contributed by atoms with E-state index in [9.17, 15) is 9.90 Å². The molecule has 108 valence electrons. The zero-order valence-electron chi connectivity index (χ0n) is 10.9. The fraction of sp³-hybridized carbons (Fsp3) is 0.538. The van der Waals surface area contributed by atoms with Crippen LogP contribution >= 0.6 is 15.9 Å². The summed E-state index contributed by atoms with van der Waals surface area (Å²) >= 11 is 3.31. The molecule has 1 fully saturated rings. The molecule has 3 rings (SSSR count). The number of aromatic nitrogens is 1. The first kappa shape index (κ1) is 13.6. The number of amides is 2. The number of rotatable bonds is 4. The van der Waals surface area contributed by atoms with Gasteiger partial charge in [0.05, 0.1) is 18.9 Å². The number of carbonyl (C=O) groups is 1. The Morgan fingerprint density at radius 3 is 3.05 bits per heavy atom. The maximum atomic E-state index is 12.0. The first-order chi connectivity index (χ1) is 9.69. The Kier molecular flexibility index (Phi) is 3.80. The summed E-state index contributed by atoms with van der Waals surface area (Å²) in [5.74, 6) is 1.38. The van der Waals surface area contributed by atoms with Gasteiger partial charge in [-0.3, -0.25) is 4.90 Å². The van der Waals surface area contributed by atoms with Crippen LogP contribution in [0, 0.1) is 0 Å². The van der Waals surface area contributed by atoms with Crippen LogP contribution < -0.4 is 15.0 Å². The van der Waals surface area contributed by atoms with Crippen LogP contribution in [0.25, 0.3) is 0 Å². The Hall–Kier alpha value is -1.34. The Morgan fingerprint density at radius 1 is 1.55 bits per heavy atom. The van der Waals surface area contributed by atoms with Crippen LogP contribution in [0.1, 0.15) is 18.4 Å². The molecule has 2 amide bonds. The number of alkyl halides is 1. The molecule has 0 spiro atoms. The molecule has 0 atom stereocenters. The minimum absolute atomic E-state index is 0.0332. The topological polar surface area (TPSA) is 74.7 Å². The van der Waals surface area contributed by atoms with Crippen molar-refractivity contribution in [1.82, 2.24) is 10.3 Å². The zero-order chi connectivity index (χ0) is 14.1. The van der Waals surface area contributed by atoms with Crippen LogP contribution in [0.4, 0.5) is 10.6 Å². The van der Waals surface area contributed by atoms with Gasteiger partial charge in [-0.25, -0.2) is 9.78 Å². The average Bonchev–Trinajstić information content (AvgIpc) is 2.42. The van der Waals surface area contributed by atoms with Crippen molar-refractivity contribution in [2.45, 2.75) is 31.5 Å². The quantitative estimate of drug-likeness (QED) is 0.812. The fourth-order valence-electron chi connectivity index (χ4n) is 2.52. The monoisotopic (exact) mass is 341 g/mol. The number of aliphatic hydroxyl groups excluding tert-OH is 1. The number of carbonyl (C=O) groups excluding carboxylic acids is 1. The smallest absolute Gasteiger partial charge is 0.323 e. The summed E-state index contributed by atoms with van der Waals surface area (Å²) in [5, 5.41) is 13.0. The lowest BCUT2D eigenvalue weighted by atomic mass is 9.87. The van der Waals surface area contributed by atoms with Crippen LogP contribution in [-0.4, -0.2) is 40.2 Å². The predicted molar refractivity (Wildman–Crippen MR) is 77.3 cm³/mol. The Labute approximate surface area is 125 Å². The lowest BCUT2D eigenvalue weighted by Gasteiger charge is -2.42. The predicted octanol–water partition coefficient (Wildman–Crippen LogP) is 1.41. The molecule has 1 aromatic heterocycles. The van der Waals surface area contributed by atoms with Gasteiger partial charge in [0.25, 0.3) is 0 Å². The maximum absolute atomic E-state index is 12.0. The average molecular weight is 342 g/mol. The van der Waals surface area contributed by atoms with Gasteiger partial charge in [-0.05, 0) is 18.9 Å². The van der Waals surface area contributed by atoms with E-state index in [0.717, 1.165) is 10.9 Å². The summed E-state index contributed by atoms with van der Waals surface area (Å²) in [4.78, 5) is 18.0. The van der Waals surface area contributed by atoms with Crippen LogP contribution in [0.3, 0.4) is 0 Å². The summed E-state index contributed by atoms with van der Waals surface area (Å²) < 4.78 is 5.52. The molecule has 0 radical (unpaired) electrons. The number of nitrogens with zero attached hydrogens (tertiary/aromatic N) is 2. The van der Waals surface area contributed by atoms with Crippen LogP contribution in [0.15, 0.2) is 12.3 Å². The highest BCUT2D eigenvalue weighted by atomic mass is 79.9. The summed E-state index contributed by atoms with van der Waals surface area (Å²) in [7, 11) is 0. The molecule has 2 heterocycles. The van der Waals surface area contributed by atoms with E-state index in [2.05, 4.69) is 26.2 Å². The summed E-state index contributed by atoms with van der Waals surface area (Å²) in [6.45, 7) is 1.03. The van der Waals surface area contributed by atoms with Crippen LogP contribution in [0.2, 0.25) is 0 Å². The molecule has 2 N–H and O–H groups in total.